The Hall–Kier alpha value is -2.09. The molecule has 0 radical (unpaired) electrons. The molecule has 2 aromatic carbocycles. The largest absolute Gasteiger partial charge is 0.367 e. The van der Waals surface area contributed by atoms with Crippen LogP contribution in [0.3, 0.4) is 0 Å². The van der Waals surface area contributed by atoms with Gasteiger partial charge in [0, 0.05) is 38.3 Å². The number of sulfonamides is 1. The van der Waals surface area contributed by atoms with Crippen LogP contribution in [0.1, 0.15) is 22.8 Å². The van der Waals surface area contributed by atoms with Crippen LogP contribution in [-0.4, -0.2) is 51.9 Å². The zero-order chi connectivity index (χ0) is 20.3. The van der Waals surface area contributed by atoms with Crippen molar-refractivity contribution in [3.8, 4) is 0 Å². The van der Waals surface area contributed by atoms with Crippen LogP contribution in [0.2, 0.25) is 5.02 Å². The van der Waals surface area contributed by atoms with Crippen LogP contribution < -0.4 is 9.62 Å². The number of nitrogens with zero attached hydrogens (tertiary/aromatic N) is 2. The van der Waals surface area contributed by atoms with Crippen LogP contribution >= 0.6 is 11.6 Å². The number of hydrogen-bond donors (Lipinski definition) is 1. The van der Waals surface area contributed by atoms with Crippen LogP contribution in [0.25, 0.3) is 0 Å². The molecule has 0 bridgehead atoms. The second-order valence-corrected chi connectivity index (χ2v) is 8.88. The van der Waals surface area contributed by atoms with Gasteiger partial charge in [-0.05, 0) is 36.8 Å². The smallest absolute Gasteiger partial charge is 0.254 e. The summed E-state index contributed by atoms with van der Waals surface area (Å²) in [5.41, 5.74) is 2.14. The minimum absolute atomic E-state index is 0.109. The van der Waals surface area contributed by atoms with Crippen LogP contribution in [0, 0.1) is 6.92 Å². The lowest BCUT2D eigenvalue weighted by atomic mass is 10.1. The van der Waals surface area contributed by atoms with Crippen molar-refractivity contribution in [2.45, 2.75) is 18.7 Å². The molecule has 0 aliphatic carbocycles. The lowest BCUT2D eigenvalue weighted by molar-refractivity contribution is 0.0746. The summed E-state index contributed by atoms with van der Waals surface area (Å²) in [6.45, 7) is 6.27. The number of para-hydroxylation sites is 1. The van der Waals surface area contributed by atoms with Gasteiger partial charge in [-0.2, -0.15) is 0 Å². The number of rotatable bonds is 5. The predicted octanol–water partition coefficient (Wildman–Crippen LogP) is 2.91. The second kappa shape index (κ2) is 8.51. The number of halogens is 1. The summed E-state index contributed by atoms with van der Waals surface area (Å²) >= 11 is 6.27. The Balaban J connectivity index is 1.76. The predicted molar refractivity (Wildman–Crippen MR) is 112 cm³/mol. The number of aryl methyl sites for hydroxylation is 1. The fourth-order valence-corrected chi connectivity index (χ4v) is 4.62. The van der Waals surface area contributed by atoms with E-state index in [2.05, 4.69) is 9.62 Å². The number of carbonyl (C=O) groups is 1. The minimum Gasteiger partial charge on any atom is -0.367 e. The molecular formula is C20H24ClN3O3S. The van der Waals surface area contributed by atoms with E-state index < -0.39 is 10.0 Å². The summed E-state index contributed by atoms with van der Waals surface area (Å²) in [4.78, 5) is 17.1. The molecule has 1 fully saturated rings. The summed E-state index contributed by atoms with van der Waals surface area (Å²) < 4.78 is 27.0. The third kappa shape index (κ3) is 4.32. The third-order valence-corrected chi connectivity index (χ3v) is 6.71. The number of benzene rings is 2. The topological polar surface area (TPSA) is 69.7 Å². The lowest BCUT2D eigenvalue weighted by Crippen LogP contribution is -2.49. The highest BCUT2D eigenvalue weighted by molar-refractivity contribution is 7.89. The van der Waals surface area contributed by atoms with Crippen molar-refractivity contribution in [3.05, 3.63) is 58.6 Å². The van der Waals surface area contributed by atoms with Crippen molar-refractivity contribution >= 4 is 33.2 Å². The second-order valence-electron chi connectivity index (χ2n) is 6.71. The lowest BCUT2D eigenvalue weighted by Gasteiger charge is -2.36. The molecule has 0 aromatic heterocycles. The van der Waals surface area contributed by atoms with Gasteiger partial charge < -0.3 is 9.80 Å². The van der Waals surface area contributed by atoms with Gasteiger partial charge in [-0.15, -0.1) is 0 Å². The summed E-state index contributed by atoms with van der Waals surface area (Å²) in [6.07, 6.45) is 0. The number of piperazine rings is 1. The van der Waals surface area contributed by atoms with E-state index >= 15 is 0 Å². The molecular weight excluding hydrogens is 398 g/mol. The summed E-state index contributed by atoms with van der Waals surface area (Å²) in [7, 11) is -3.61. The Labute approximate surface area is 171 Å². The van der Waals surface area contributed by atoms with Crippen LogP contribution in [-0.2, 0) is 10.0 Å². The van der Waals surface area contributed by atoms with E-state index in [4.69, 9.17) is 11.6 Å². The van der Waals surface area contributed by atoms with Gasteiger partial charge in [-0.1, -0.05) is 36.7 Å². The van der Waals surface area contributed by atoms with Crippen LogP contribution in [0.15, 0.2) is 47.4 Å². The highest BCUT2D eigenvalue weighted by Gasteiger charge is 2.25. The Morgan fingerprint density at radius 2 is 1.79 bits per heavy atom. The minimum atomic E-state index is -3.61. The molecule has 1 saturated heterocycles. The number of hydrogen-bond acceptors (Lipinski definition) is 4. The molecule has 3 rings (SSSR count). The number of anilines is 1. The van der Waals surface area contributed by atoms with Gasteiger partial charge in [0.1, 0.15) is 0 Å². The molecule has 0 unspecified atom stereocenters. The van der Waals surface area contributed by atoms with E-state index in [1.54, 1.807) is 17.9 Å². The first-order valence-corrected chi connectivity index (χ1v) is 11.1. The average Bonchev–Trinajstić information content (AvgIpc) is 2.68. The van der Waals surface area contributed by atoms with Gasteiger partial charge >= 0.3 is 0 Å². The molecule has 6 nitrogen and oxygen atoms in total. The van der Waals surface area contributed by atoms with Crippen molar-refractivity contribution in [1.82, 2.24) is 9.62 Å². The van der Waals surface area contributed by atoms with E-state index in [0.717, 1.165) is 11.3 Å². The van der Waals surface area contributed by atoms with Gasteiger partial charge in [-0.3, -0.25) is 4.79 Å². The van der Waals surface area contributed by atoms with Crippen molar-refractivity contribution in [3.63, 3.8) is 0 Å². The van der Waals surface area contributed by atoms with Crippen LogP contribution in [0.4, 0.5) is 5.69 Å². The molecule has 1 heterocycles. The Morgan fingerprint density at radius 3 is 2.43 bits per heavy atom. The van der Waals surface area contributed by atoms with Gasteiger partial charge in [0.25, 0.3) is 5.91 Å². The molecule has 1 N–H and O–H groups in total. The van der Waals surface area contributed by atoms with Crippen LogP contribution in [0.5, 0.6) is 0 Å². The standard InChI is InChI=1S/C20H24ClN3O3S/c1-3-22-28(26,27)16-9-8-15(2)17(14-16)20(25)24-12-10-23(11-13-24)19-7-5-4-6-18(19)21/h4-9,14,22H,3,10-13H2,1-2H3. The number of amides is 1. The third-order valence-electron chi connectivity index (χ3n) is 4.84. The fourth-order valence-electron chi connectivity index (χ4n) is 3.30. The highest BCUT2D eigenvalue weighted by Crippen LogP contribution is 2.26. The Morgan fingerprint density at radius 1 is 1.11 bits per heavy atom. The first-order chi connectivity index (χ1) is 13.3. The SMILES string of the molecule is CCNS(=O)(=O)c1ccc(C)c(C(=O)N2CCN(c3ccccc3Cl)CC2)c1. The molecule has 0 saturated carbocycles. The van der Waals surface area contributed by atoms with Crippen molar-refractivity contribution < 1.29 is 13.2 Å². The van der Waals surface area contributed by atoms with Crippen molar-refractivity contribution in [2.75, 3.05) is 37.6 Å². The molecule has 2 aromatic rings. The first-order valence-electron chi connectivity index (χ1n) is 9.22. The number of nitrogens with one attached hydrogen (secondary N) is 1. The maximum absolute atomic E-state index is 13.0. The molecule has 1 amide bonds. The maximum Gasteiger partial charge on any atom is 0.254 e. The highest BCUT2D eigenvalue weighted by atomic mass is 35.5. The van der Waals surface area contributed by atoms with E-state index in [1.165, 1.54) is 12.1 Å². The maximum atomic E-state index is 13.0. The summed E-state index contributed by atoms with van der Waals surface area (Å²) in [6, 6.07) is 12.3. The Kier molecular flexibility index (Phi) is 6.27. The molecule has 1 aliphatic rings. The molecule has 1 aliphatic heterocycles. The fraction of sp³-hybridized carbons (Fsp3) is 0.350. The zero-order valence-corrected chi connectivity index (χ0v) is 17.6. The zero-order valence-electron chi connectivity index (χ0n) is 16.0. The molecule has 28 heavy (non-hydrogen) atoms. The number of carbonyl (C=O) groups excluding carboxylic acids is 1. The van der Waals surface area contributed by atoms with E-state index in [9.17, 15) is 13.2 Å². The molecule has 8 heteroatoms. The summed E-state index contributed by atoms with van der Waals surface area (Å²) in [5.74, 6) is -0.148. The van der Waals surface area contributed by atoms with Gasteiger partial charge in [0.05, 0.1) is 15.6 Å². The molecule has 0 spiro atoms. The summed E-state index contributed by atoms with van der Waals surface area (Å²) in [5, 5.41) is 0.694. The monoisotopic (exact) mass is 421 g/mol. The quantitative estimate of drug-likeness (QED) is 0.805. The Bertz CT molecular complexity index is 970. The van der Waals surface area contributed by atoms with E-state index in [1.807, 2.05) is 31.2 Å². The molecule has 0 atom stereocenters. The normalized spacial score (nSPS) is 15.0. The van der Waals surface area contributed by atoms with Crippen molar-refractivity contribution in [2.24, 2.45) is 0 Å². The van der Waals surface area contributed by atoms with Crippen molar-refractivity contribution in [1.29, 1.82) is 0 Å². The van der Waals surface area contributed by atoms with E-state index in [-0.39, 0.29) is 10.8 Å². The van der Waals surface area contributed by atoms with Gasteiger partial charge in [0.2, 0.25) is 10.0 Å². The average molecular weight is 422 g/mol. The van der Waals surface area contributed by atoms with Gasteiger partial charge in [0.15, 0.2) is 0 Å². The molecule has 150 valence electrons. The first kappa shape index (κ1) is 20.6. The van der Waals surface area contributed by atoms with Gasteiger partial charge in [-0.25, -0.2) is 13.1 Å². The van der Waals surface area contributed by atoms with E-state index in [0.29, 0.717) is 43.3 Å².